The van der Waals surface area contributed by atoms with Crippen molar-refractivity contribution in [2.24, 2.45) is 0 Å². The predicted octanol–water partition coefficient (Wildman–Crippen LogP) is 3.53. The van der Waals surface area contributed by atoms with E-state index in [0.29, 0.717) is 6.54 Å². The third-order valence-electron chi connectivity index (χ3n) is 2.89. The molecule has 1 aromatic rings. The number of nitrogens with zero attached hydrogens (tertiary/aromatic N) is 1. The Balaban J connectivity index is 2.97. The van der Waals surface area contributed by atoms with Crippen LogP contribution in [0.2, 0.25) is 5.02 Å². The lowest BCUT2D eigenvalue weighted by Gasteiger charge is -2.18. The van der Waals surface area contributed by atoms with Crippen LogP contribution in [0.3, 0.4) is 0 Å². The molecule has 0 N–H and O–H groups in total. The second-order valence-electron chi connectivity index (χ2n) is 4.51. The van der Waals surface area contributed by atoms with Crippen molar-refractivity contribution in [2.75, 3.05) is 13.6 Å². The molecule has 1 aromatic carbocycles. The van der Waals surface area contributed by atoms with E-state index < -0.39 is 9.05 Å². The average molecular weight is 338 g/mol. The van der Waals surface area contributed by atoms with Crippen LogP contribution in [-0.4, -0.2) is 32.8 Å². The summed E-state index contributed by atoms with van der Waals surface area (Å²) in [6.07, 6.45) is 2.98. The Morgan fingerprint density at radius 2 is 1.95 bits per heavy atom. The normalized spacial score (nSPS) is 11.4. The Morgan fingerprint density at radius 3 is 2.50 bits per heavy atom. The van der Waals surface area contributed by atoms with Gasteiger partial charge >= 0.3 is 0 Å². The highest BCUT2D eigenvalue weighted by Gasteiger charge is 2.19. The Labute approximate surface area is 129 Å². The fourth-order valence-electron chi connectivity index (χ4n) is 1.73. The maximum absolute atomic E-state index is 12.2. The molecule has 7 heteroatoms. The lowest BCUT2D eigenvalue weighted by molar-refractivity contribution is 0.0792. The minimum atomic E-state index is -3.88. The summed E-state index contributed by atoms with van der Waals surface area (Å²) in [5.74, 6) is -0.312. The molecule has 0 saturated heterocycles. The van der Waals surface area contributed by atoms with Gasteiger partial charge < -0.3 is 4.90 Å². The highest BCUT2D eigenvalue weighted by atomic mass is 35.7. The minimum absolute atomic E-state index is 0.131. The number of amides is 1. The topological polar surface area (TPSA) is 54.5 Å². The van der Waals surface area contributed by atoms with E-state index in [-0.39, 0.29) is 21.4 Å². The monoisotopic (exact) mass is 337 g/mol. The maximum atomic E-state index is 12.2. The molecular formula is C13H17Cl2NO3S. The lowest BCUT2D eigenvalue weighted by Crippen LogP contribution is -2.28. The van der Waals surface area contributed by atoms with Crippen LogP contribution < -0.4 is 0 Å². The second-order valence-corrected chi connectivity index (χ2v) is 7.49. The highest BCUT2D eigenvalue weighted by Crippen LogP contribution is 2.24. The van der Waals surface area contributed by atoms with Crippen LogP contribution in [0.1, 0.15) is 36.5 Å². The largest absolute Gasteiger partial charge is 0.342 e. The van der Waals surface area contributed by atoms with Gasteiger partial charge in [-0.15, -0.1) is 0 Å². The van der Waals surface area contributed by atoms with Crippen molar-refractivity contribution < 1.29 is 13.2 Å². The second kappa shape index (κ2) is 7.29. The minimum Gasteiger partial charge on any atom is -0.342 e. The molecule has 0 aliphatic carbocycles. The van der Waals surface area contributed by atoms with Gasteiger partial charge in [-0.1, -0.05) is 31.4 Å². The molecule has 0 aliphatic heterocycles. The van der Waals surface area contributed by atoms with Gasteiger partial charge in [-0.05, 0) is 24.6 Å². The Morgan fingerprint density at radius 1 is 1.30 bits per heavy atom. The van der Waals surface area contributed by atoms with Gasteiger partial charge in [-0.25, -0.2) is 8.42 Å². The third kappa shape index (κ3) is 4.65. The van der Waals surface area contributed by atoms with Crippen LogP contribution in [0.5, 0.6) is 0 Å². The molecule has 112 valence electrons. The molecule has 4 nitrogen and oxygen atoms in total. The van der Waals surface area contributed by atoms with E-state index in [0.717, 1.165) is 19.3 Å². The van der Waals surface area contributed by atoms with Gasteiger partial charge in [0.15, 0.2) is 0 Å². The SMILES string of the molecule is CCCCCN(C)C(=O)c1cc(S(=O)(=O)Cl)ccc1Cl. The molecule has 0 aliphatic rings. The van der Waals surface area contributed by atoms with Crippen LogP contribution in [-0.2, 0) is 9.05 Å². The quantitative estimate of drug-likeness (QED) is 0.589. The van der Waals surface area contributed by atoms with Crippen LogP contribution in [0, 0.1) is 0 Å². The number of hydrogen-bond donors (Lipinski definition) is 0. The van der Waals surface area contributed by atoms with E-state index in [4.69, 9.17) is 22.3 Å². The highest BCUT2D eigenvalue weighted by molar-refractivity contribution is 8.13. The van der Waals surface area contributed by atoms with Crippen molar-refractivity contribution in [3.63, 3.8) is 0 Å². The summed E-state index contributed by atoms with van der Waals surface area (Å²) < 4.78 is 22.6. The first-order valence-electron chi connectivity index (χ1n) is 6.27. The molecule has 0 aromatic heterocycles. The molecule has 0 spiro atoms. The molecule has 1 amide bonds. The molecule has 0 radical (unpaired) electrons. The molecule has 0 fully saturated rings. The number of carbonyl (C=O) groups excluding carboxylic acids is 1. The van der Waals surface area contributed by atoms with E-state index in [9.17, 15) is 13.2 Å². The standard InChI is InChI=1S/C13H17Cl2NO3S/c1-3-4-5-8-16(2)13(17)11-9-10(20(15,18)19)6-7-12(11)14/h6-7,9H,3-5,8H2,1-2H3. The number of unbranched alkanes of at least 4 members (excludes halogenated alkanes) is 2. The van der Waals surface area contributed by atoms with Gasteiger partial charge in [0.05, 0.1) is 15.5 Å². The molecular weight excluding hydrogens is 321 g/mol. The van der Waals surface area contributed by atoms with E-state index in [1.807, 2.05) is 0 Å². The van der Waals surface area contributed by atoms with Crippen LogP contribution >= 0.6 is 22.3 Å². The molecule has 0 atom stereocenters. The Hall–Kier alpha value is -0.780. The predicted molar refractivity (Wildman–Crippen MR) is 81.0 cm³/mol. The van der Waals surface area contributed by atoms with Gasteiger partial charge in [0, 0.05) is 24.3 Å². The van der Waals surface area contributed by atoms with Crippen molar-refractivity contribution in [2.45, 2.75) is 31.1 Å². The zero-order valence-corrected chi connectivity index (χ0v) is 13.7. The van der Waals surface area contributed by atoms with E-state index in [1.54, 1.807) is 7.05 Å². The fourth-order valence-corrected chi connectivity index (χ4v) is 2.70. The first kappa shape index (κ1) is 17.3. The van der Waals surface area contributed by atoms with Crippen LogP contribution in [0.25, 0.3) is 0 Å². The van der Waals surface area contributed by atoms with Gasteiger partial charge in [-0.3, -0.25) is 4.79 Å². The first-order chi connectivity index (χ1) is 9.27. The van der Waals surface area contributed by atoms with E-state index in [1.165, 1.54) is 23.1 Å². The summed E-state index contributed by atoms with van der Waals surface area (Å²) in [6, 6.07) is 3.85. The molecule has 0 unspecified atom stereocenters. The van der Waals surface area contributed by atoms with Crippen molar-refractivity contribution in [3.05, 3.63) is 28.8 Å². The third-order valence-corrected chi connectivity index (χ3v) is 4.57. The number of rotatable bonds is 6. The number of hydrogen-bond acceptors (Lipinski definition) is 3. The zero-order chi connectivity index (χ0) is 15.3. The summed E-state index contributed by atoms with van der Waals surface area (Å²) in [5.41, 5.74) is 0.146. The van der Waals surface area contributed by atoms with Crippen LogP contribution in [0.15, 0.2) is 23.1 Å². The molecule has 20 heavy (non-hydrogen) atoms. The Kier molecular flexibility index (Phi) is 6.30. The van der Waals surface area contributed by atoms with E-state index >= 15 is 0 Å². The number of benzene rings is 1. The number of halogens is 2. The number of carbonyl (C=O) groups is 1. The molecule has 1 rings (SSSR count). The summed E-state index contributed by atoms with van der Waals surface area (Å²) in [7, 11) is 3.06. The van der Waals surface area contributed by atoms with Gasteiger partial charge in [0.1, 0.15) is 0 Å². The van der Waals surface area contributed by atoms with Crippen LogP contribution in [0.4, 0.5) is 0 Å². The van der Waals surface area contributed by atoms with Crippen molar-refractivity contribution in [1.29, 1.82) is 0 Å². The van der Waals surface area contributed by atoms with Gasteiger partial charge in [0.25, 0.3) is 15.0 Å². The Bertz CT molecular complexity index is 587. The lowest BCUT2D eigenvalue weighted by atomic mass is 10.2. The van der Waals surface area contributed by atoms with Crippen molar-refractivity contribution in [1.82, 2.24) is 4.90 Å². The fraction of sp³-hybridized carbons (Fsp3) is 0.462. The summed E-state index contributed by atoms with van der Waals surface area (Å²) in [6.45, 7) is 2.67. The molecule has 0 bridgehead atoms. The zero-order valence-electron chi connectivity index (χ0n) is 11.4. The first-order valence-corrected chi connectivity index (χ1v) is 8.95. The van der Waals surface area contributed by atoms with Crippen molar-refractivity contribution in [3.8, 4) is 0 Å². The van der Waals surface area contributed by atoms with E-state index in [2.05, 4.69) is 6.92 Å². The molecule has 0 saturated carbocycles. The average Bonchev–Trinajstić information content (AvgIpc) is 2.37. The summed E-state index contributed by atoms with van der Waals surface area (Å²) in [5, 5.41) is 0.210. The maximum Gasteiger partial charge on any atom is 0.261 e. The molecule has 0 heterocycles. The smallest absolute Gasteiger partial charge is 0.261 e. The van der Waals surface area contributed by atoms with Gasteiger partial charge in [0.2, 0.25) is 0 Å². The summed E-state index contributed by atoms with van der Waals surface area (Å²) in [4.78, 5) is 13.6. The summed E-state index contributed by atoms with van der Waals surface area (Å²) >= 11 is 5.96. The van der Waals surface area contributed by atoms with Gasteiger partial charge in [-0.2, -0.15) is 0 Å². The van der Waals surface area contributed by atoms with Crippen molar-refractivity contribution >= 4 is 37.2 Å².